The van der Waals surface area contributed by atoms with Crippen LogP contribution in [0.1, 0.15) is 33.6 Å². The van der Waals surface area contributed by atoms with Gasteiger partial charge >= 0.3 is 0 Å². The second kappa shape index (κ2) is 7.65. The Morgan fingerprint density at radius 2 is 1.62 bits per heavy atom. The van der Waals surface area contributed by atoms with E-state index in [1.54, 1.807) is 0 Å². The zero-order valence-corrected chi connectivity index (χ0v) is 20.1. The van der Waals surface area contributed by atoms with Gasteiger partial charge in [-0.15, -0.1) is 0 Å². The maximum atomic E-state index is 13.6. The van der Waals surface area contributed by atoms with Crippen LogP contribution in [0.4, 0.5) is 17.1 Å². The first kappa shape index (κ1) is 22.4. The fourth-order valence-corrected chi connectivity index (χ4v) is 5.38. The molecule has 1 amide bonds. The quantitative estimate of drug-likeness (QED) is 0.237. The number of benzene rings is 2. The maximum Gasteiger partial charge on any atom is 0.269 e. The van der Waals surface area contributed by atoms with Crippen LogP contribution in [0.2, 0.25) is 0 Å². The van der Waals surface area contributed by atoms with Crippen molar-refractivity contribution in [1.82, 2.24) is 0 Å². The first-order valence-electron chi connectivity index (χ1n) is 10.2. The van der Waals surface area contributed by atoms with Gasteiger partial charge in [0.25, 0.3) is 5.69 Å². The van der Waals surface area contributed by atoms with Crippen molar-refractivity contribution < 1.29 is 14.5 Å². The minimum Gasteiger partial charge on any atom is -0.325 e. The summed E-state index contributed by atoms with van der Waals surface area (Å²) >= 11 is 2.19. The Hall–Kier alpha value is -2.82. The number of hydrogen-bond acceptors (Lipinski definition) is 6. The van der Waals surface area contributed by atoms with Crippen molar-refractivity contribution in [2.24, 2.45) is 21.3 Å². The lowest BCUT2D eigenvalue weighted by Gasteiger charge is -2.37. The van der Waals surface area contributed by atoms with Crippen LogP contribution >= 0.6 is 22.6 Å². The molecule has 0 saturated heterocycles. The molecule has 2 N–H and O–H groups in total. The normalized spacial score (nSPS) is 26.9. The number of amides is 1. The van der Waals surface area contributed by atoms with Gasteiger partial charge in [-0.3, -0.25) is 25.1 Å². The second-order valence-corrected chi connectivity index (χ2v) is 10.3. The van der Waals surface area contributed by atoms with Crippen molar-refractivity contribution in [3.63, 3.8) is 0 Å². The minimum absolute atomic E-state index is 0.0291. The van der Waals surface area contributed by atoms with Crippen molar-refractivity contribution in [2.45, 2.75) is 33.6 Å². The lowest BCUT2D eigenvalue weighted by molar-refractivity contribution is -0.384. The number of anilines is 2. The van der Waals surface area contributed by atoms with Crippen molar-refractivity contribution in [1.29, 1.82) is 0 Å². The fourth-order valence-electron chi connectivity index (χ4n) is 5.02. The van der Waals surface area contributed by atoms with Gasteiger partial charge in [-0.05, 0) is 77.2 Å². The van der Waals surface area contributed by atoms with Gasteiger partial charge in [0.15, 0.2) is 5.78 Å². The Kier molecular flexibility index (Phi) is 5.35. The molecular formula is C23H23IN4O4. The number of rotatable bonds is 5. The van der Waals surface area contributed by atoms with E-state index in [1.165, 1.54) is 24.3 Å². The standard InChI is InChI=1S/C23H23IN4O4/c1-21(2)22(3)12-13-23(21,20(30)25-15-6-4-14(24)5-7-15)19(29)18(22)27-26-16-8-10-17(11-9-16)28(31)32/h4-11,26H,12-13H2,1-3H3,(H,25,30). The van der Waals surface area contributed by atoms with Gasteiger partial charge in [-0.2, -0.15) is 5.10 Å². The summed E-state index contributed by atoms with van der Waals surface area (Å²) in [6.45, 7) is 5.90. The summed E-state index contributed by atoms with van der Waals surface area (Å²) in [6, 6.07) is 13.2. The predicted octanol–water partition coefficient (Wildman–Crippen LogP) is 5.00. The highest BCUT2D eigenvalue weighted by Crippen LogP contribution is 2.69. The minimum atomic E-state index is -1.21. The molecule has 2 fully saturated rings. The van der Waals surface area contributed by atoms with E-state index in [4.69, 9.17) is 0 Å². The molecule has 2 saturated carbocycles. The third kappa shape index (κ3) is 3.13. The molecule has 9 heteroatoms. The largest absolute Gasteiger partial charge is 0.325 e. The third-order valence-electron chi connectivity index (χ3n) is 7.44. The number of nitrogens with zero attached hydrogens (tertiary/aromatic N) is 2. The van der Waals surface area contributed by atoms with E-state index in [-0.39, 0.29) is 17.4 Å². The molecule has 2 aliphatic carbocycles. The molecule has 2 atom stereocenters. The molecule has 2 aliphatic rings. The predicted molar refractivity (Wildman–Crippen MR) is 131 cm³/mol. The number of carbonyl (C=O) groups is 2. The van der Waals surface area contributed by atoms with Gasteiger partial charge < -0.3 is 5.32 Å². The Balaban J connectivity index is 1.64. The molecule has 2 bridgehead atoms. The summed E-state index contributed by atoms with van der Waals surface area (Å²) in [6.07, 6.45) is 1.12. The number of carbonyl (C=O) groups excluding carboxylic acids is 2. The first-order valence-corrected chi connectivity index (χ1v) is 11.3. The zero-order chi connectivity index (χ0) is 23.3. The molecule has 0 radical (unpaired) electrons. The Morgan fingerprint density at radius 1 is 1.03 bits per heavy atom. The molecule has 4 rings (SSSR count). The molecule has 2 unspecified atom stereocenters. The van der Waals surface area contributed by atoms with E-state index in [0.29, 0.717) is 29.9 Å². The van der Waals surface area contributed by atoms with E-state index in [1.807, 2.05) is 45.0 Å². The Bertz CT molecular complexity index is 1140. The summed E-state index contributed by atoms with van der Waals surface area (Å²) < 4.78 is 1.05. The lowest BCUT2D eigenvalue weighted by Crippen LogP contribution is -2.47. The molecule has 0 spiro atoms. The van der Waals surface area contributed by atoms with Gasteiger partial charge in [0.1, 0.15) is 11.1 Å². The molecule has 0 aromatic heterocycles. The highest BCUT2D eigenvalue weighted by molar-refractivity contribution is 14.1. The van der Waals surface area contributed by atoms with Crippen LogP contribution in [0, 0.1) is 29.9 Å². The molecule has 0 aliphatic heterocycles. The number of nitro benzene ring substituents is 1. The molecule has 8 nitrogen and oxygen atoms in total. The van der Waals surface area contributed by atoms with Crippen LogP contribution in [0.15, 0.2) is 53.6 Å². The number of nitrogens with one attached hydrogen (secondary N) is 2. The maximum absolute atomic E-state index is 13.6. The van der Waals surface area contributed by atoms with E-state index < -0.39 is 21.2 Å². The van der Waals surface area contributed by atoms with Crippen LogP contribution in [0.3, 0.4) is 0 Å². The number of nitro groups is 1. The van der Waals surface area contributed by atoms with Crippen molar-refractivity contribution in [3.8, 4) is 0 Å². The van der Waals surface area contributed by atoms with Crippen LogP contribution in [0.25, 0.3) is 0 Å². The molecule has 0 heterocycles. The van der Waals surface area contributed by atoms with Crippen molar-refractivity contribution in [2.75, 3.05) is 10.7 Å². The summed E-state index contributed by atoms with van der Waals surface area (Å²) in [5, 5.41) is 18.2. The number of Topliss-reactive ketones (excluding diaryl/α,β-unsaturated/α-hetero) is 1. The van der Waals surface area contributed by atoms with Crippen LogP contribution in [-0.4, -0.2) is 22.3 Å². The number of non-ortho nitro benzene ring substituents is 1. The second-order valence-electron chi connectivity index (χ2n) is 9.03. The molecule has 32 heavy (non-hydrogen) atoms. The lowest BCUT2D eigenvalue weighted by atomic mass is 9.64. The smallest absolute Gasteiger partial charge is 0.269 e. The number of fused-ring (bicyclic) bond motifs is 2. The zero-order valence-electron chi connectivity index (χ0n) is 17.9. The van der Waals surface area contributed by atoms with Gasteiger partial charge in [0.05, 0.1) is 10.6 Å². The van der Waals surface area contributed by atoms with E-state index in [0.717, 1.165) is 3.57 Å². The number of ketones is 1. The molecule has 2 aromatic carbocycles. The third-order valence-corrected chi connectivity index (χ3v) is 8.16. The van der Waals surface area contributed by atoms with E-state index in [9.17, 15) is 19.7 Å². The number of halogens is 1. The Labute approximate surface area is 199 Å². The van der Waals surface area contributed by atoms with Gasteiger partial charge in [0.2, 0.25) is 5.91 Å². The van der Waals surface area contributed by atoms with Crippen LogP contribution < -0.4 is 10.7 Å². The summed E-state index contributed by atoms with van der Waals surface area (Å²) in [4.78, 5) is 37.5. The molecular weight excluding hydrogens is 523 g/mol. The summed E-state index contributed by atoms with van der Waals surface area (Å²) in [5.74, 6) is -0.577. The molecule has 166 valence electrons. The average Bonchev–Trinajstić information content (AvgIpc) is 3.03. The summed E-state index contributed by atoms with van der Waals surface area (Å²) in [7, 11) is 0. The monoisotopic (exact) mass is 546 g/mol. The fraction of sp³-hybridized carbons (Fsp3) is 0.348. The highest BCUT2D eigenvalue weighted by Gasteiger charge is 2.76. The van der Waals surface area contributed by atoms with Crippen molar-refractivity contribution in [3.05, 3.63) is 62.2 Å². The SMILES string of the molecule is CC12CCC(C(=O)Nc3ccc(I)cc3)(C(=O)C1=NNc1ccc([N+](=O)[O-])cc1)C2(C)C. The first-order chi connectivity index (χ1) is 15.0. The summed E-state index contributed by atoms with van der Waals surface area (Å²) in [5.41, 5.74) is 1.91. The van der Waals surface area contributed by atoms with Gasteiger partial charge in [-0.1, -0.05) is 20.8 Å². The van der Waals surface area contributed by atoms with E-state index >= 15 is 0 Å². The Morgan fingerprint density at radius 3 is 2.22 bits per heavy atom. The van der Waals surface area contributed by atoms with E-state index in [2.05, 4.69) is 38.4 Å². The van der Waals surface area contributed by atoms with Gasteiger partial charge in [0, 0.05) is 26.8 Å². The topological polar surface area (TPSA) is 114 Å². The number of hydrogen-bond donors (Lipinski definition) is 2. The van der Waals surface area contributed by atoms with Gasteiger partial charge in [-0.25, -0.2) is 0 Å². The van der Waals surface area contributed by atoms with Crippen LogP contribution in [-0.2, 0) is 9.59 Å². The molecule has 2 aromatic rings. The number of hydrazone groups is 1. The average molecular weight is 546 g/mol. The van der Waals surface area contributed by atoms with Crippen LogP contribution in [0.5, 0.6) is 0 Å². The highest BCUT2D eigenvalue weighted by atomic mass is 127. The van der Waals surface area contributed by atoms with Crippen molar-refractivity contribution >= 4 is 57.1 Å².